The second kappa shape index (κ2) is 6.17. The Labute approximate surface area is 145 Å². The van der Waals surface area contributed by atoms with Crippen molar-refractivity contribution in [1.82, 2.24) is 29.6 Å². The Morgan fingerprint density at radius 2 is 2.00 bits per heavy atom. The normalized spacial score (nSPS) is 19.3. The fraction of sp³-hybridized carbons (Fsp3) is 0.312. The van der Waals surface area contributed by atoms with E-state index in [-0.39, 0.29) is 10.9 Å². The number of sulfonamides is 1. The molecule has 0 spiro atoms. The third kappa shape index (κ3) is 2.70. The molecular formula is C16H18N6O2S. The largest absolute Gasteiger partial charge is 0.313 e. The van der Waals surface area contributed by atoms with Crippen LogP contribution >= 0.6 is 0 Å². The monoisotopic (exact) mass is 358 g/mol. The van der Waals surface area contributed by atoms with Crippen LogP contribution < -0.4 is 5.32 Å². The number of pyridine rings is 1. The molecule has 1 atom stereocenters. The van der Waals surface area contributed by atoms with Crippen molar-refractivity contribution < 1.29 is 8.42 Å². The van der Waals surface area contributed by atoms with Crippen molar-refractivity contribution in [2.45, 2.75) is 10.9 Å². The number of hydrogen-bond donors (Lipinski definition) is 1. The quantitative estimate of drug-likeness (QED) is 0.741. The molecule has 0 bridgehead atoms. The second-order valence-electron chi connectivity index (χ2n) is 5.95. The topological polar surface area (TPSA) is 93.0 Å². The van der Waals surface area contributed by atoms with Crippen molar-refractivity contribution in [1.29, 1.82) is 0 Å². The van der Waals surface area contributed by atoms with E-state index in [0.29, 0.717) is 30.7 Å². The Balaban J connectivity index is 1.82. The van der Waals surface area contributed by atoms with E-state index in [4.69, 9.17) is 0 Å². The van der Waals surface area contributed by atoms with Gasteiger partial charge in [0.25, 0.3) is 0 Å². The molecule has 130 valence electrons. The lowest BCUT2D eigenvalue weighted by Gasteiger charge is -2.35. The van der Waals surface area contributed by atoms with E-state index in [9.17, 15) is 8.42 Å². The van der Waals surface area contributed by atoms with Gasteiger partial charge >= 0.3 is 0 Å². The van der Waals surface area contributed by atoms with E-state index < -0.39 is 10.0 Å². The fourth-order valence-electron chi connectivity index (χ4n) is 3.21. The Kier molecular flexibility index (Phi) is 3.98. The van der Waals surface area contributed by atoms with Crippen LogP contribution in [0.2, 0.25) is 0 Å². The Morgan fingerprint density at radius 3 is 2.80 bits per heavy atom. The highest BCUT2D eigenvalue weighted by Crippen LogP contribution is 2.31. The molecule has 1 fully saturated rings. The lowest BCUT2D eigenvalue weighted by Crippen LogP contribution is -2.48. The maximum absolute atomic E-state index is 13.4. The molecule has 3 heterocycles. The molecule has 1 N–H and O–H groups in total. The lowest BCUT2D eigenvalue weighted by atomic mass is 10.1. The molecule has 1 saturated heterocycles. The molecule has 1 aromatic carbocycles. The van der Waals surface area contributed by atoms with Gasteiger partial charge in [-0.3, -0.25) is 4.98 Å². The minimum atomic E-state index is -3.72. The van der Waals surface area contributed by atoms with Gasteiger partial charge in [-0.2, -0.15) is 4.31 Å². The molecule has 0 amide bonds. The number of nitrogens with one attached hydrogen (secondary N) is 1. The standard InChI is InChI=1S/C16H18N6O2S/c1-21-13-3-2-4-15(16(13)19-20-21)25(23,24)22-10-9-18-11-14(22)12-5-7-17-8-6-12/h2-8,14,18H,9-11H2,1H3. The first-order valence-electron chi connectivity index (χ1n) is 8.00. The first kappa shape index (κ1) is 16.1. The highest BCUT2D eigenvalue weighted by Gasteiger charge is 2.36. The summed E-state index contributed by atoms with van der Waals surface area (Å²) in [5.74, 6) is 0. The van der Waals surface area contributed by atoms with Crippen LogP contribution in [0, 0.1) is 0 Å². The van der Waals surface area contributed by atoms with Crippen LogP contribution in [0.5, 0.6) is 0 Å². The van der Waals surface area contributed by atoms with Crippen LogP contribution in [0.1, 0.15) is 11.6 Å². The summed E-state index contributed by atoms with van der Waals surface area (Å²) in [4.78, 5) is 4.21. The summed E-state index contributed by atoms with van der Waals surface area (Å²) in [6.45, 7) is 1.56. The zero-order chi connectivity index (χ0) is 17.4. The van der Waals surface area contributed by atoms with Gasteiger partial charge in [-0.15, -0.1) is 5.10 Å². The summed E-state index contributed by atoms with van der Waals surface area (Å²) in [6.07, 6.45) is 3.36. The minimum absolute atomic E-state index is 0.194. The molecule has 1 unspecified atom stereocenters. The molecule has 1 aliphatic rings. The van der Waals surface area contributed by atoms with Gasteiger partial charge in [0.2, 0.25) is 10.0 Å². The predicted molar refractivity (Wildman–Crippen MR) is 92.2 cm³/mol. The number of aromatic nitrogens is 4. The Morgan fingerprint density at radius 1 is 1.20 bits per heavy atom. The van der Waals surface area contributed by atoms with Crippen molar-refractivity contribution in [2.75, 3.05) is 19.6 Å². The van der Waals surface area contributed by atoms with Crippen molar-refractivity contribution in [3.8, 4) is 0 Å². The SMILES string of the molecule is Cn1nnc2c(S(=O)(=O)N3CCNCC3c3ccncc3)cccc21. The summed E-state index contributed by atoms with van der Waals surface area (Å²) < 4.78 is 29.9. The van der Waals surface area contributed by atoms with Crippen LogP contribution in [0.4, 0.5) is 0 Å². The summed E-state index contributed by atoms with van der Waals surface area (Å²) in [5.41, 5.74) is 2.01. The summed E-state index contributed by atoms with van der Waals surface area (Å²) in [7, 11) is -1.97. The van der Waals surface area contributed by atoms with E-state index in [1.807, 2.05) is 18.2 Å². The average molecular weight is 358 g/mol. The number of piperazine rings is 1. The number of aryl methyl sites for hydroxylation is 1. The predicted octanol–water partition coefficient (Wildman–Crippen LogP) is 0.699. The molecule has 2 aromatic heterocycles. The van der Waals surface area contributed by atoms with Crippen LogP contribution in [-0.4, -0.2) is 52.3 Å². The molecule has 0 saturated carbocycles. The first-order valence-corrected chi connectivity index (χ1v) is 9.44. The number of rotatable bonds is 3. The van der Waals surface area contributed by atoms with Gasteiger partial charge in [0.15, 0.2) is 0 Å². The minimum Gasteiger partial charge on any atom is -0.313 e. The fourth-order valence-corrected chi connectivity index (χ4v) is 4.97. The molecule has 0 aliphatic carbocycles. The number of fused-ring (bicyclic) bond motifs is 1. The zero-order valence-electron chi connectivity index (χ0n) is 13.7. The van der Waals surface area contributed by atoms with E-state index in [0.717, 1.165) is 5.56 Å². The lowest BCUT2D eigenvalue weighted by molar-refractivity contribution is 0.271. The number of benzene rings is 1. The highest BCUT2D eigenvalue weighted by molar-refractivity contribution is 7.89. The van der Waals surface area contributed by atoms with Crippen molar-refractivity contribution in [3.63, 3.8) is 0 Å². The van der Waals surface area contributed by atoms with Gasteiger partial charge in [-0.1, -0.05) is 11.3 Å². The number of nitrogens with zero attached hydrogens (tertiary/aromatic N) is 5. The smallest absolute Gasteiger partial charge is 0.246 e. The van der Waals surface area contributed by atoms with Gasteiger partial charge in [-0.05, 0) is 29.8 Å². The van der Waals surface area contributed by atoms with Gasteiger partial charge in [0.1, 0.15) is 10.4 Å². The van der Waals surface area contributed by atoms with Crippen LogP contribution in [-0.2, 0) is 17.1 Å². The van der Waals surface area contributed by atoms with Crippen LogP contribution in [0.25, 0.3) is 11.0 Å². The van der Waals surface area contributed by atoms with Gasteiger partial charge in [0, 0.05) is 39.1 Å². The first-order chi connectivity index (χ1) is 12.1. The van der Waals surface area contributed by atoms with Crippen LogP contribution in [0.15, 0.2) is 47.6 Å². The van der Waals surface area contributed by atoms with Gasteiger partial charge < -0.3 is 5.32 Å². The molecule has 3 aromatic rings. The van der Waals surface area contributed by atoms with Crippen LogP contribution in [0.3, 0.4) is 0 Å². The van der Waals surface area contributed by atoms with Gasteiger partial charge in [0.05, 0.1) is 11.6 Å². The Hall–Kier alpha value is -2.36. The van der Waals surface area contributed by atoms with Crippen molar-refractivity contribution in [2.24, 2.45) is 7.05 Å². The molecular weight excluding hydrogens is 340 g/mol. The third-order valence-corrected chi connectivity index (χ3v) is 6.42. The molecule has 4 rings (SSSR count). The van der Waals surface area contributed by atoms with E-state index in [1.54, 1.807) is 40.6 Å². The maximum Gasteiger partial charge on any atom is 0.246 e. The maximum atomic E-state index is 13.4. The number of hydrogen-bond acceptors (Lipinski definition) is 6. The third-order valence-electron chi connectivity index (χ3n) is 4.48. The summed E-state index contributed by atoms with van der Waals surface area (Å²) in [5, 5.41) is 11.3. The zero-order valence-corrected chi connectivity index (χ0v) is 14.5. The Bertz CT molecular complexity index is 1000. The van der Waals surface area contributed by atoms with E-state index in [2.05, 4.69) is 20.6 Å². The molecule has 9 heteroatoms. The summed E-state index contributed by atoms with van der Waals surface area (Å²) >= 11 is 0. The highest BCUT2D eigenvalue weighted by atomic mass is 32.2. The van der Waals surface area contributed by atoms with Crippen molar-refractivity contribution >= 4 is 21.1 Å². The molecule has 8 nitrogen and oxygen atoms in total. The van der Waals surface area contributed by atoms with Crippen molar-refractivity contribution in [3.05, 3.63) is 48.3 Å². The molecule has 1 aliphatic heterocycles. The van der Waals surface area contributed by atoms with E-state index >= 15 is 0 Å². The molecule has 0 radical (unpaired) electrons. The average Bonchev–Trinajstić information content (AvgIpc) is 3.03. The summed E-state index contributed by atoms with van der Waals surface area (Å²) in [6, 6.07) is 8.55. The van der Waals surface area contributed by atoms with Gasteiger partial charge in [-0.25, -0.2) is 13.1 Å². The van der Waals surface area contributed by atoms with E-state index in [1.165, 1.54) is 0 Å². The second-order valence-corrected chi connectivity index (χ2v) is 7.81. The molecule has 25 heavy (non-hydrogen) atoms.